The maximum atomic E-state index is 13.1. The first-order valence-electron chi connectivity index (χ1n) is 6.85. The monoisotopic (exact) mass is 269 g/mol. The number of hydrogen-bond acceptors (Lipinski definition) is 2. The van der Waals surface area contributed by atoms with Gasteiger partial charge in [-0.1, -0.05) is 19.9 Å². The van der Waals surface area contributed by atoms with Crippen LogP contribution in [0.15, 0.2) is 18.2 Å². The van der Waals surface area contributed by atoms with Crippen LogP contribution in [0, 0.1) is 23.5 Å². The van der Waals surface area contributed by atoms with Crippen molar-refractivity contribution in [2.75, 3.05) is 6.54 Å². The third kappa shape index (κ3) is 3.31. The molecule has 1 saturated carbocycles. The number of halogens is 2. The van der Waals surface area contributed by atoms with Gasteiger partial charge in [0.05, 0.1) is 6.10 Å². The minimum absolute atomic E-state index is 0.368. The highest BCUT2D eigenvalue weighted by molar-refractivity contribution is 5.20. The smallest absolute Gasteiger partial charge is 0.159 e. The molecule has 4 heteroatoms. The molecule has 0 saturated heterocycles. The van der Waals surface area contributed by atoms with Crippen molar-refractivity contribution in [2.24, 2.45) is 11.8 Å². The standard InChI is InChI=1S/C15H21F2NO/c1-9-3-6-14(10(9)2)18-8-15(19)11-4-5-12(16)13(17)7-11/h4-5,7,9-10,14-15,18-19H,3,6,8H2,1-2H3. The average Bonchev–Trinajstić information content (AvgIpc) is 2.70. The number of benzene rings is 1. The number of aliphatic hydroxyl groups excluding tert-OH is 1. The van der Waals surface area contributed by atoms with Crippen molar-refractivity contribution >= 4 is 0 Å². The zero-order valence-electron chi connectivity index (χ0n) is 11.4. The van der Waals surface area contributed by atoms with Crippen molar-refractivity contribution < 1.29 is 13.9 Å². The number of hydrogen-bond donors (Lipinski definition) is 2. The molecule has 1 aliphatic rings. The van der Waals surface area contributed by atoms with E-state index in [0.29, 0.717) is 30.0 Å². The van der Waals surface area contributed by atoms with Crippen molar-refractivity contribution in [3.8, 4) is 0 Å². The van der Waals surface area contributed by atoms with Gasteiger partial charge in [0.25, 0.3) is 0 Å². The SMILES string of the molecule is CC1CCC(NCC(O)c2ccc(F)c(F)c2)C1C. The molecule has 2 rings (SSSR count). The van der Waals surface area contributed by atoms with Crippen molar-refractivity contribution in [3.05, 3.63) is 35.4 Å². The van der Waals surface area contributed by atoms with Crippen LogP contribution in [-0.4, -0.2) is 17.7 Å². The molecular formula is C15H21F2NO. The predicted molar refractivity (Wildman–Crippen MR) is 70.7 cm³/mol. The van der Waals surface area contributed by atoms with Gasteiger partial charge in [-0.3, -0.25) is 0 Å². The Bertz CT molecular complexity index is 438. The zero-order valence-corrected chi connectivity index (χ0v) is 11.4. The Balaban J connectivity index is 1.90. The first kappa shape index (κ1) is 14.4. The van der Waals surface area contributed by atoms with Gasteiger partial charge in [0.2, 0.25) is 0 Å². The highest BCUT2D eigenvalue weighted by atomic mass is 19.2. The highest BCUT2D eigenvalue weighted by Gasteiger charge is 2.29. The van der Waals surface area contributed by atoms with Gasteiger partial charge >= 0.3 is 0 Å². The van der Waals surface area contributed by atoms with Crippen LogP contribution in [-0.2, 0) is 0 Å². The molecule has 0 bridgehead atoms. The van der Waals surface area contributed by atoms with Gasteiger partial charge in [0.15, 0.2) is 11.6 Å². The summed E-state index contributed by atoms with van der Waals surface area (Å²) in [5, 5.41) is 13.3. The van der Waals surface area contributed by atoms with Gasteiger partial charge in [-0.15, -0.1) is 0 Å². The summed E-state index contributed by atoms with van der Waals surface area (Å²) in [6.07, 6.45) is 1.49. The van der Waals surface area contributed by atoms with Crippen LogP contribution in [0.25, 0.3) is 0 Å². The summed E-state index contributed by atoms with van der Waals surface area (Å²) in [5.74, 6) is -0.531. The van der Waals surface area contributed by atoms with E-state index in [1.807, 2.05) is 0 Å². The third-order valence-corrected chi connectivity index (χ3v) is 4.37. The van der Waals surface area contributed by atoms with E-state index in [-0.39, 0.29) is 0 Å². The molecule has 4 unspecified atom stereocenters. The molecule has 0 aromatic heterocycles. The molecule has 0 spiro atoms. The lowest BCUT2D eigenvalue weighted by Gasteiger charge is -2.21. The van der Waals surface area contributed by atoms with Crippen molar-refractivity contribution in [1.29, 1.82) is 0 Å². The Morgan fingerprint density at radius 2 is 2.00 bits per heavy atom. The van der Waals surface area contributed by atoms with Gasteiger partial charge in [0.1, 0.15) is 0 Å². The van der Waals surface area contributed by atoms with E-state index in [0.717, 1.165) is 18.6 Å². The lowest BCUT2D eigenvalue weighted by atomic mass is 9.97. The number of aliphatic hydroxyl groups is 1. The molecule has 0 amide bonds. The fraction of sp³-hybridized carbons (Fsp3) is 0.600. The van der Waals surface area contributed by atoms with E-state index in [4.69, 9.17) is 0 Å². The molecule has 1 aromatic rings. The molecule has 19 heavy (non-hydrogen) atoms. The minimum Gasteiger partial charge on any atom is -0.387 e. The highest BCUT2D eigenvalue weighted by Crippen LogP contribution is 2.31. The molecule has 0 aliphatic heterocycles. The van der Waals surface area contributed by atoms with Crippen LogP contribution in [0.4, 0.5) is 8.78 Å². The van der Waals surface area contributed by atoms with Gasteiger partial charge in [-0.05, 0) is 42.4 Å². The maximum absolute atomic E-state index is 13.1. The van der Waals surface area contributed by atoms with E-state index in [1.165, 1.54) is 12.5 Å². The van der Waals surface area contributed by atoms with E-state index in [1.54, 1.807) is 0 Å². The van der Waals surface area contributed by atoms with E-state index < -0.39 is 17.7 Å². The second-order valence-corrected chi connectivity index (χ2v) is 5.62. The van der Waals surface area contributed by atoms with Crippen LogP contribution >= 0.6 is 0 Å². The molecule has 4 atom stereocenters. The predicted octanol–water partition coefficient (Wildman–Crippen LogP) is 3.02. The Morgan fingerprint density at radius 1 is 1.26 bits per heavy atom. The second-order valence-electron chi connectivity index (χ2n) is 5.62. The Labute approximate surface area is 112 Å². The Hall–Kier alpha value is -1.00. The first-order chi connectivity index (χ1) is 8.99. The largest absolute Gasteiger partial charge is 0.387 e. The fourth-order valence-electron chi connectivity index (χ4n) is 2.75. The van der Waals surface area contributed by atoms with Crippen molar-refractivity contribution in [3.63, 3.8) is 0 Å². The van der Waals surface area contributed by atoms with Gasteiger partial charge < -0.3 is 10.4 Å². The molecule has 2 N–H and O–H groups in total. The summed E-state index contributed by atoms with van der Waals surface area (Å²) in [6, 6.07) is 3.93. The Morgan fingerprint density at radius 3 is 2.58 bits per heavy atom. The molecule has 1 fully saturated rings. The average molecular weight is 269 g/mol. The summed E-state index contributed by atoms with van der Waals surface area (Å²) in [4.78, 5) is 0. The summed E-state index contributed by atoms with van der Waals surface area (Å²) in [6.45, 7) is 4.81. The maximum Gasteiger partial charge on any atom is 0.159 e. The van der Waals surface area contributed by atoms with E-state index in [9.17, 15) is 13.9 Å². The van der Waals surface area contributed by atoms with Crippen molar-refractivity contribution in [1.82, 2.24) is 5.32 Å². The summed E-state index contributed by atoms with van der Waals surface area (Å²) < 4.78 is 25.9. The van der Waals surface area contributed by atoms with Crippen molar-refractivity contribution in [2.45, 2.75) is 38.8 Å². The Kier molecular flexibility index (Phi) is 4.53. The van der Waals surface area contributed by atoms with Crippen LogP contribution < -0.4 is 5.32 Å². The van der Waals surface area contributed by atoms with Gasteiger partial charge in [-0.2, -0.15) is 0 Å². The van der Waals surface area contributed by atoms with Crippen LogP contribution in [0.3, 0.4) is 0 Å². The summed E-state index contributed by atoms with van der Waals surface area (Å²) >= 11 is 0. The molecule has 106 valence electrons. The van der Waals surface area contributed by atoms with E-state index >= 15 is 0 Å². The zero-order chi connectivity index (χ0) is 14.0. The third-order valence-electron chi connectivity index (χ3n) is 4.37. The molecule has 0 radical (unpaired) electrons. The molecule has 1 aliphatic carbocycles. The number of nitrogens with one attached hydrogen (secondary N) is 1. The van der Waals surface area contributed by atoms with Crippen LogP contribution in [0.1, 0.15) is 38.4 Å². The lowest BCUT2D eigenvalue weighted by Crippen LogP contribution is -2.35. The minimum atomic E-state index is -0.917. The van der Waals surface area contributed by atoms with Gasteiger partial charge in [0, 0.05) is 12.6 Å². The molecule has 1 aromatic carbocycles. The van der Waals surface area contributed by atoms with Gasteiger partial charge in [-0.25, -0.2) is 8.78 Å². The van der Waals surface area contributed by atoms with E-state index in [2.05, 4.69) is 19.2 Å². The first-order valence-corrected chi connectivity index (χ1v) is 6.85. The normalized spacial score (nSPS) is 28.6. The van der Waals surface area contributed by atoms with Crippen LogP contribution in [0.5, 0.6) is 0 Å². The fourth-order valence-corrected chi connectivity index (χ4v) is 2.75. The molecular weight excluding hydrogens is 248 g/mol. The van der Waals surface area contributed by atoms with Crippen LogP contribution in [0.2, 0.25) is 0 Å². The summed E-state index contributed by atoms with van der Waals surface area (Å²) in [5.41, 5.74) is 0.407. The molecule has 0 heterocycles. The second kappa shape index (κ2) is 5.97. The lowest BCUT2D eigenvalue weighted by molar-refractivity contribution is 0.165. The summed E-state index contributed by atoms with van der Waals surface area (Å²) in [7, 11) is 0. The number of rotatable bonds is 4. The molecule has 2 nitrogen and oxygen atoms in total. The topological polar surface area (TPSA) is 32.3 Å². The quantitative estimate of drug-likeness (QED) is 0.880.